The molecule has 0 atom stereocenters. The van der Waals surface area contributed by atoms with Crippen LogP contribution in [0.1, 0.15) is 19.4 Å². The van der Waals surface area contributed by atoms with Crippen molar-refractivity contribution in [2.24, 2.45) is 10.2 Å². The standard InChI is InChI=1S/C14H20N6S2/c1-9-5-7-12(8-6-9)16-14(22)20-18-11(3)10(2)17-19-13(21)15-4/h5-8H,1-4H3,(H2,15,19,21)(H2,16,20,22). The Kier molecular flexibility index (Phi) is 7.41. The Morgan fingerprint density at radius 1 is 0.909 bits per heavy atom. The maximum atomic E-state index is 5.18. The number of hydrazone groups is 2. The van der Waals surface area contributed by atoms with E-state index in [1.165, 1.54) is 5.56 Å². The van der Waals surface area contributed by atoms with Gasteiger partial charge in [0.15, 0.2) is 10.2 Å². The fraction of sp³-hybridized carbons (Fsp3) is 0.286. The number of rotatable bonds is 4. The van der Waals surface area contributed by atoms with E-state index in [9.17, 15) is 0 Å². The highest BCUT2D eigenvalue weighted by atomic mass is 32.1. The van der Waals surface area contributed by atoms with Gasteiger partial charge in [0.25, 0.3) is 0 Å². The molecule has 0 aliphatic rings. The minimum Gasteiger partial charge on any atom is -0.364 e. The number of anilines is 1. The van der Waals surface area contributed by atoms with Crippen LogP contribution in [0.3, 0.4) is 0 Å². The molecule has 0 aromatic heterocycles. The number of benzene rings is 1. The lowest BCUT2D eigenvalue weighted by Gasteiger charge is -2.08. The van der Waals surface area contributed by atoms with Crippen molar-refractivity contribution in [1.29, 1.82) is 0 Å². The summed E-state index contributed by atoms with van der Waals surface area (Å²) in [5, 5.41) is 14.9. The molecular weight excluding hydrogens is 316 g/mol. The van der Waals surface area contributed by atoms with E-state index < -0.39 is 0 Å². The first-order valence-corrected chi connectivity index (χ1v) is 7.44. The molecule has 1 aromatic carbocycles. The van der Waals surface area contributed by atoms with Crippen LogP contribution in [0.2, 0.25) is 0 Å². The molecule has 6 nitrogen and oxygen atoms in total. The summed E-state index contributed by atoms with van der Waals surface area (Å²) in [6.45, 7) is 5.68. The van der Waals surface area contributed by atoms with Crippen LogP contribution in [0, 0.1) is 6.92 Å². The molecule has 0 fully saturated rings. The lowest BCUT2D eigenvalue weighted by atomic mass is 10.2. The second kappa shape index (κ2) is 9.06. The molecular formula is C14H20N6S2. The zero-order valence-corrected chi connectivity index (χ0v) is 14.7. The highest BCUT2D eigenvalue weighted by Crippen LogP contribution is 2.08. The summed E-state index contributed by atoms with van der Waals surface area (Å²) >= 11 is 10.1. The minimum atomic E-state index is 0.412. The lowest BCUT2D eigenvalue weighted by Crippen LogP contribution is -2.30. The molecule has 0 unspecified atom stereocenters. The Morgan fingerprint density at radius 2 is 1.41 bits per heavy atom. The third kappa shape index (κ3) is 6.59. The van der Waals surface area contributed by atoms with Gasteiger partial charge in [-0.1, -0.05) is 17.7 Å². The Morgan fingerprint density at radius 3 is 1.91 bits per heavy atom. The van der Waals surface area contributed by atoms with Gasteiger partial charge in [0, 0.05) is 12.7 Å². The van der Waals surface area contributed by atoms with Crippen molar-refractivity contribution in [3.63, 3.8) is 0 Å². The van der Waals surface area contributed by atoms with Crippen LogP contribution in [0.15, 0.2) is 34.5 Å². The Hall–Kier alpha value is -2.06. The summed E-state index contributed by atoms with van der Waals surface area (Å²) in [5.41, 5.74) is 8.96. The van der Waals surface area contributed by atoms with Crippen molar-refractivity contribution < 1.29 is 0 Å². The first kappa shape index (κ1) is 18.0. The summed E-state index contributed by atoms with van der Waals surface area (Å²) in [4.78, 5) is 0. The van der Waals surface area contributed by atoms with E-state index in [1.807, 2.05) is 45.0 Å². The first-order chi connectivity index (χ1) is 10.4. The van der Waals surface area contributed by atoms with Gasteiger partial charge in [-0.05, 0) is 57.3 Å². The smallest absolute Gasteiger partial charge is 0.191 e. The van der Waals surface area contributed by atoms with Crippen LogP contribution in [-0.2, 0) is 0 Å². The predicted molar refractivity (Wildman–Crippen MR) is 102 cm³/mol. The number of nitrogens with zero attached hydrogens (tertiary/aromatic N) is 2. The second-order valence-corrected chi connectivity index (χ2v) is 5.33. The van der Waals surface area contributed by atoms with Gasteiger partial charge in [0.05, 0.1) is 11.4 Å². The normalized spacial score (nSPS) is 11.6. The van der Waals surface area contributed by atoms with Crippen LogP contribution in [-0.4, -0.2) is 28.7 Å². The van der Waals surface area contributed by atoms with Gasteiger partial charge in [0.2, 0.25) is 0 Å². The maximum absolute atomic E-state index is 5.18. The lowest BCUT2D eigenvalue weighted by molar-refractivity contribution is 0.974. The largest absolute Gasteiger partial charge is 0.364 e. The van der Waals surface area contributed by atoms with Gasteiger partial charge in [-0.2, -0.15) is 10.2 Å². The second-order valence-electron chi connectivity index (χ2n) is 4.52. The number of thiocarbonyl (C=S) groups is 2. The summed E-state index contributed by atoms with van der Waals surface area (Å²) in [7, 11) is 1.72. The molecule has 0 aliphatic heterocycles. The number of hydrogen-bond acceptors (Lipinski definition) is 4. The highest BCUT2D eigenvalue weighted by Gasteiger charge is 2.00. The summed E-state index contributed by atoms with van der Waals surface area (Å²) in [6, 6.07) is 7.92. The summed E-state index contributed by atoms with van der Waals surface area (Å²) in [5.74, 6) is 0. The fourth-order valence-electron chi connectivity index (χ4n) is 1.28. The molecule has 22 heavy (non-hydrogen) atoms. The van der Waals surface area contributed by atoms with E-state index in [4.69, 9.17) is 24.4 Å². The van der Waals surface area contributed by atoms with Crippen LogP contribution < -0.4 is 21.5 Å². The first-order valence-electron chi connectivity index (χ1n) is 6.62. The molecule has 4 N–H and O–H groups in total. The number of aryl methyl sites for hydroxylation is 1. The van der Waals surface area contributed by atoms with Crippen LogP contribution in [0.5, 0.6) is 0 Å². The van der Waals surface area contributed by atoms with E-state index in [-0.39, 0.29) is 0 Å². The van der Waals surface area contributed by atoms with Crippen molar-refractivity contribution in [3.05, 3.63) is 29.8 Å². The number of nitrogens with one attached hydrogen (secondary N) is 4. The third-order valence-electron chi connectivity index (χ3n) is 2.71. The molecule has 0 bridgehead atoms. The zero-order chi connectivity index (χ0) is 16.5. The van der Waals surface area contributed by atoms with Crippen LogP contribution >= 0.6 is 24.4 Å². The Bertz CT molecular complexity index is 592. The van der Waals surface area contributed by atoms with Crippen molar-refractivity contribution >= 4 is 51.8 Å². The molecule has 0 heterocycles. The van der Waals surface area contributed by atoms with Crippen molar-refractivity contribution in [1.82, 2.24) is 16.2 Å². The molecule has 0 saturated heterocycles. The number of hydrogen-bond donors (Lipinski definition) is 4. The molecule has 0 amide bonds. The molecule has 1 rings (SSSR count). The molecule has 0 saturated carbocycles. The topological polar surface area (TPSA) is 72.8 Å². The monoisotopic (exact) mass is 336 g/mol. The van der Waals surface area contributed by atoms with Gasteiger partial charge >= 0.3 is 0 Å². The van der Waals surface area contributed by atoms with E-state index in [0.717, 1.165) is 5.69 Å². The quantitative estimate of drug-likeness (QED) is 0.383. The Labute approximate surface area is 141 Å². The molecule has 1 aromatic rings. The van der Waals surface area contributed by atoms with Crippen molar-refractivity contribution in [2.75, 3.05) is 12.4 Å². The molecule has 0 aliphatic carbocycles. The van der Waals surface area contributed by atoms with Gasteiger partial charge in [-0.15, -0.1) is 0 Å². The summed E-state index contributed by atoms with van der Waals surface area (Å²) < 4.78 is 0. The van der Waals surface area contributed by atoms with E-state index in [0.29, 0.717) is 21.6 Å². The van der Waals surface area contributed by atoms with E-state index in [2.05, 4.69) is 31.7 Å². The average molecular weight is 336 g/mol. The van der Waals surface area contributed by atoms with Gasteiger partial charge in [-0.25, -0.2) is 0 Å². The highest BCUT2D eigenvalue weighted by molar-refractivity contribution is 7.80. The fourth-order valence-corrected chi connectivity index (χ4v) is 1.49. The maximum Gasteiger partial charge on any atom is 0.191 e. The summed E-state index contributed by atoms with van der Waals surface area (Å²) in [6.07, 6.45) is 0. The zero-order valence-electron chi connectivity index (χ0n) is 13.0. The van der Waals surface area contributed by atoms with E-state index >= 15 is 0 Å². The minimum absolute atomic E-state index is 0.412. The van der Waals surface area contributed by atoms with E-state index in [1.54, 1.807) is 7.05 Å². The Balaban J connectivity index is 2.53. The van der Waals surface area contributed by atoms with Gasteiger partial charge in [0.1, 0.15) is 0 Å². The molecule has 8 heteroatoms. The SMILES string of the molecule is CNC(=S)NN=C(C)C(C)=NNC(=S)Nc1ccc(C)cc1. The predicted octanol–water partition coefficient (Wildman–Crippen LogP) is 2.13. The molecule has 118 valence electrons. The molecule has 0 spiro atoms. The van der Waals surface area contributed by atoms with Crippen LogP contribution in [0.25, 0.3) is 0 Å². The third-order valence-corrected chi connectivity index (χ3v) is 3.20. The van der Waals surface area contributed by atoms with Crippen LogP contribution in [0.4, 0.5) is 5.69 Å². The van der Waals surface area contributed by atoms with Crippen molar-refractivity contribution in [2.45, 2.75) is 20.8 Å². The van der Waals surface area contributed by atoms with Gasteiger partial charge < -0.3 is 10.6 Å². The molecule has 0 radical (unpaired) electrons. The van der Waals surface area contributed by atoms with Crippen molar-refractivity contribution in [3.8, 4) is 0 Å². The average Bonchev–Trinajstić information content (AvgIpc) is 2.52. The van der Waals surface area contributed by atoms with Gasteiger partial charge in [-0.3, -0.25) is 10.9 Å².